The Morgan fingerprint density at radius 2 is 2.14 bits per heavy atom. The maximum atomic E-state index is 12.1. The highest BCUT2D eigenvalue weighted by atomic mass is 16.5. The van der Waals surface area contributed by atoms with Crippen LogP contribution in [0.25, 0.3) is 11.4 Å². The smallest absolute Gasteiger partial charge is 0.256 e. The normalized spacial score (nSPS) is 11.8. The first-order valence-electron chi connectivity index (χ1n) is 7.13. The van der Waals surface area contributed by atoms with Gasteiger partial charge in [-0.2, -0.15) is 0 Å². The van der Waals surface area contributed by atoms with Gasteiger partial charge in [0.1, 0.15) is 11.6 Å². The summed E-state index contributed by atoms with van der Waals surface area (Å²) in [4.78, 5) is 20.6. The predicted octanol–water partition coefficient (Wildman–Crippen LogP) is 2.26. The topological polar surface area (TPSA) is 90.1 Å². The molecule has 0 aliphatic rings. The molecule has 22 heavy (non-hydrogen) atoms. The van der Waals surface area contributed by atoms with Crippen molar-refractivity contribution in [2.24, 2.45) is 0 Å². The number of hydrogen-bond donors (Lipinski definition) is 2. The van der Waals surface area contributed by atoms with Gasteiger partial charge in [0.05, 0.1) is 18.2 Å². The van der Waals surface area contributed by atoms with E-state index in [-0.39, 0.29) is 23.3 Å². The fourth-order valence-corrected chi connectivity index (χ4v) is 1.93. The molecule has 0 spiro atoms. The minimum Gasteiger partial charge on any atom is -0.496 e. The second kappa shape index (κ2) is 6.89. The molecule has 0 fully saturated rings. The van der Waals surface area contributed by atoms with Gasteiger partial charge in [-0.25, -0.2) is 9.97 Å². The van der Waals surface area contributed by atoms with Crippen LogP contribution in [0.4, 0.5) is 5.82 Å². The van der Waals surface area contributed by atoms with Crippen LogP contribution in [0.15, 0.2) is 30.5 Å². The molecule has 2 aromatic rings. The van der Waals surface area contributed by atoms with E-state index < -0.39 is 0 Å². The lowest BCUT2D eigenvalue weighted by Crippen LogP contribution is -2.32. The summed E-state index contributed by atoms with van der Waals surface area (Å²) in [6.45, 7) is 3.92. The predicted molar refractivity (Wildman–Crippen MR) is 85.7 cm³/mol. The Hall–Kier alpha value is -2.63. The van der Waals surface area contributed by atoms with E-state index in [1.807, 2.05) is 38.1 Å². The van der Waals surface area contributed by atoms with Gasteiger partial charge in [-0.3, -0.25) is 4.79 Å². The van der Waals surface area contributed by atoms with E-state index in [0.29, 0.717) is 11.6 Å². The number of ether oxygens (including phenoxy) is 1. The zero-order valence-corrected chi connectivity index (χ0v) is 13.0. The monoisotopic (exact) mass is 300 g/mol. The second-order valence-corrected chi connectivity index (χ2v) is 4.98. The summed E-state index contributed by atoms with van der Waals surface area (Å²) < 4.78 is 5.28. The zero-order valence-electron chi connectivity index (χ0n) is 13.0. The number of rotatable bonds is 5. The molecule has 6 nitrogen and oxygen atoms in total. The summed E-state index contributed by atoms with van der Waals surface area (Å²) >= 11 is 0. The van der Waals surface area contributed by atoms with Crippen molar-refractivity contribution in [3.05, 3.63) is 36.0 Å². The van der Waals surface area contributed by atoms with E-state index in [9.17, 15) is 4.79 Å². The molecule has 116 valence electrons. The summed E-state index contributed by atoms with van der Waals surface area (Å²) in [5.41, 5.74) is 6.92. The molecule has 1 amide bonds. The van der Waals surface area contributed by atoms with Crippen LogP contribution < -0.4 is 15.8 Å². The lowest BCUT2D eigenvalue weighted by molar-refractivity contribution is 0.0939. The zero-order chi connectivity index (χ0) is 16.1. The molecule has 0 bridgehead atoms. The Labute approximate surface area is 129 Å². The van der Waals surface area contributed by atoms with Crippen molar-refractivity contribution >= 4 is 11.7 Å². The number of hydrogen-bond acceptors (Lipinski definition) is 5. The average Bonchev–Trinajstić information content (AvgIpc) is 2.54. The molecular formula is C16H20N4O2. The van der Waals surface area contributed by atoms with Crippen molar-refractivity contribution in [3.63, 3.8) is 0 Å². The number of anilines is 1. The van der Waals surface area contributed by atoms with Gasteiger partial charge >= 0.3 is 0 Å². The number of amides is 1. The van der Waals surface area contributed by atoms with Crippen molar-refractivity contribution in [2.75, 3.05) is 12.8 Å². The fourth-order valence-electron chi connectivity index (χ4n) is 1.93. The SMILES string of the molecule is CCC(C)NC(=O)c1cnc(-c2ccccc2OC)nc1N. The van der Waals surface area contributed by atoms with E-state index in [1.165, 1.54) is 6.20 Å². The number of nitrogens with one attached hydrogen (secondary N) is 1. The number of para-hydroxylation sites is 1. The molecule has 1 unspecified atom stereocenters. The Morgan fingerprint density at radius 1 is 1.41 bits per heavy atom. The van der Waals surface area contributed by atoms with Crippen molar-refractivity contribution in [1.29, 1.82) is 0 Å². The number of nitrogens with zero attached hydrogens (tertiary/aromatic N) is 2. The van der Waals surface area contributed by atoms with E-state index in [2.05, 4.69) is 15.3 Å². The van der Waals surface area contributed by atoms with Crippen LogP contribution in [0.3, 0.4) is 0 Å². The minimum atomic E-state index is -0.265. The molecule has 6 heteroatoms. The molecule has 1 heterocycles. The summed E-state index contributed by atoms with van der Waals surface area (Å²) in [6.07, 6.45) is 2.29. The van der Waals surface area contributed by atoms with Gasteiger partial charge in [-0.1, -0.05) is 19.1 Å². The number of carbonyl (C=O) groups is 1. The number of aromatic nitrogens is 2. The molecule has 0 aliphatic heterocycles. The van der Waals surface area contributed by atoms with Gasteiger partial charge < -0.3 is 15.8 Å². The Bertz CT molecular complexity index is 673. The molecule has 2 rings (SSSR count). The lowest BCUT2D eigenvalue weighted by Gasteiger charge is -2.13. The quantitative estimate of drug-likeness (QED) is 0.884. The van der Waals surface area contributed by atoms with E-state index in [1.54, 1.807) is 7.11 Å². The largest absolute Gasteiger partial charge is 0.496 e. The summed E-state index contributed by atoms with van der Waals surface area (Å²) in [7, 11) is 1.58. The summed E-state index contributed by atoms with van der Waals surface area (Å²) in [5.74, 6) is 0.962. The first-order chi connectivity index (χ1) is 10.6. The van der Waals surface area contributed by atoms with E-state index in [0.717, 1.165) is 12.0 Å². The number of methoxy groups -OCH3 is 1. The van der Waals surface area contributed by atoms with Crippen LogP contribution in [-0.4, -0.2) is 29.0 Å². The van der Waals surface area contributed by atoms with Gasteiger partial charge in [0.15, 0.2) is 5.82 Å². The van der Waals surface area contributed by atoms with Gasteiger partial charge in [-0.15, -0.1) is 0 Å². The van der Waals surface area contributed by atoms with Gasteiger partial charge in [0.2, 0.25) is 0 Å². The van der Waals surface area contributed by atoms with Crippen LogP contribution in [0.2, 0.25) is 0 Å². The summed E-state index contributed by atoms with van der Waals surface area (Å²) in [5, 5.41) is 2.84. The van der Waals surface area contributed by atoms with Gasteiger partial charge in [-0.05, 0) is 25.5 Å². The standard InChI is InChI=1S/C16H20N4O2/c1-4-10(2)19-16(21)12-9-18-15(20-14(12)17)11-7-5-6-8-13(11)22-3/h5-10H,4H2,1-3H3,(H,19,21)(H2,17,18,20). The van der Waals surface area contributed by atoms with Crippen LogP contribution in [0.5, 0.6) is 5.75 Å². The average molecular weight is 300 g/mol. The van der Waals surface area contributed by atoms with Crippen LogP contribution in [0, 0.1) is 0 Å². The molecule has 3 N–H and O–H groups in total. The van der Waals surface area contributed by atoms with Crippen molar-refractivity contribution in [1.82, 2.24) is 15.3 Å². The highest BCUT2D eigenvalue weighted by Crippen LogP contribution is 2.27. The van der Waals surface area contributed by atoms with E-state index in [4.69, 9.17) is 10.5 Å². The Kier molecular flexibility index (Phi) is 4.93. The number of nitrogen functional groups attached to an aromatic ring is 1. The molecule has 0 aliphatic carbocycles. The lowest BCUT2D eigenvalue weighted by atomic mass is 10.1. The van der Waals surface area contributed by atoms with Crippen molar-refractivity contribution in [3.8, 4) is 17.1 Å². The Balaban J connectivity index is 2.32. The number of carbonyl (C=O) groups excluding carboxylic acids is 1. The van der Waals surface area contributed by atoms with Gasteiger partial charge in [0.25, 0.3) is 5.91 Å². The molecular weight excluding hydrogens is 280 g/mol. The molecule has 0 radical (unpaired) electrons. The maximum absolute atomic E-state index is 12.1. The van der Waals surface area contributed by atoms with Crippen molar-refractivity contribution in [2.45, 2.75) is 26.3 Å². The highest BCUT2D eigenvalue weighted by molar-refractivity contribution is 5.98. The van der Waals surface area contributed by atoms with Gasteiger partial charge in [0, 0.05) is 12.2 Å². The van der Waals surface area contributed by atoms with Crippen LogP contribution in [0.1, 0.15) is 30.6 Å². The highest BCUT2D eigenvalue weighted by Gasteiger charge is 2.16. The van der Waals surface area contributed by atoms with E-state index >= 15 is 0 Å². The minimum absolute atomic E-state index is 0.0702. The first kappa shape index (κ1) is 15.8. The summed E-state index contributed by atoms with van der Waals surface area (Å²) in [6, 6.07) is 7.45. The van der Waals surface area contributed by atoms with Crippen molar-refractivity contribution < 1.29 is 9.53 Å². The molecule has 1 aromatic heterocycles. The van der Waals surface area contributed by atoms with Crippen LogP contribution >= 0.6 is 0 Å². The third-order valence-electron chi connectivity index (χ3n) is 3.40. The third kappa shape index (κ3) is 3.33. The fraction of sp³-hybridized carbons (Fsp3) is 0.312. The number of benzene rings is 1. The third-order valence-corrected chi connectivity index (χ3v) is 3.40. The second-order valence-electron chi connectivity index (χ2n) is 4.98. The molecule has 0 saturated carbocycles. The first-order valence-corrected chi connectivity index (χ1v) is 7.13. The Morgan fingerprint density at radius 3 is 2.77 bits per heavy atom. The molecule has 1 aromatic carbocycles. The molecule has 0 saturated heterocycles. The molecule has 1 atom stereocenters. The number of nitrogens with two attached hydrogens (primary N) is 1. The maximum Gasteiger partial charge on any atom is 0.256 e. The van der Waals surface area contributed by atoms with Crippen LogP contribution in [-0.2, 0) is 0 Å².